The molecule has 0 aliphatic rings. The van der Waals surface area contributed by atoms with Crippen LogP contribution in [-0.2, 0) is 0 Å². The Balaban J connectivity index is 2.98. The van der Waals surface area contributed by atoms with Crippen molar-refractivity contribution in [1.29, 1.82) is 0 Å². The molecule has 1 aromatic carbocycles. The van der Waals surface area contributed by atoms with Gasteiger partial charge in [-0.25, -0.2) is 13.2 Å². The van der Waals surface area contributed by atoms with Crippen LogP contribution >= 0.6 is 34.2 Å². The van der Waals surface area contributed by atoms with Crippen LogP contribution in [0.25, 0.3) is 10.9 Å². The predicted octanol–water partition coefficient (Wildman–Crippen LogP) is 3.91. The molecular weight excluding hydrogens is 341 g/mol. The van der Waals surface area contributed by atoms with Gasteiger partial charge in [-0.1, -0.05) is 11.6 Å². The van der Waals surface area contributed by atoms with E-state index in [0.29, 0.717) is 3.57 Å². The van der Waals surface area contributed by atoms with Gasteiger partial charge in [-0.3, -0.25) is 4.98 Å². The molecule has 1 heterocycles. The Labute approximate surface area is 101 Å². The normalized spacial score (nSPS) is 11.0. The lowest BCUT2D eigenvalue weighted by Crippen LogP contribution is -1.95. The zero-order valence-electron chi connectivity index (χ0n) is 6.99. The minimum absolute atomic E-state index is 0.0694. The lowest BCUT2D eigenvalue weighted by atomic mass is 10.2. The van der Waals surface area contributed by atoms with E-state index in [1.54, 1.807) is 0 Å². The van der Waals surface area contributed by atoms with Crippen molar-refractivity contribution < 1.29 is 13.2 Å². The monoisotopic (exact) mass is 343 g/mol. The average Bonchev–Trinajstić information content (AvgIpc) is 2.21. The fraction of sp³-hybridized carbons (Fsp3) is 0. The molecule has 78 valence electrons. The van der Waals surface area contributed by atoms with Crippen LogP contribution in [0.1, 0.15) is 0 Å². The van der Waals surface area contributed by atoms with Gasteiger partial charge in [-0.2, -0.15) is 0 Å². The maximum absolute atomic E-state index is 13.2. The van der Waals surface area contributed by atoms with Crippen molar-refractivity contribution in [3.05, 3.63) is 38.3 Å². The molecule has 0 fully saturated rings. The van der Waals surface area contributed by atoms with Gasteiger partial charge < -0.3 is 0 Å². The number of pyridine rings is 1. The number of rotatable bonds is 0. The van der Waals surface area contributed by atoms with E-state index in [0.717, 1.165) is 6.07 Å². The summed E-state index contributed by atoms with van der Waals surface area (Å²) in [5.41, 5.74) is -0.265. The van der Waals surface area contributed by atoms with E-state index < -0.39 is 17.5 Å². The van der Waals surface area contributed by atoms with Gasteiger partial charge in [-0.15, -0.1) is 0 Å². The van der Waals surface area contributed by atoms with E-state index in [2.05, 4.69) is 4.98 Å². The third-order valence-electron chi connectivity index (χ3n) is 1.89. The highest BCUT2D eigenvalue weighted by atomic mass is 127. The molecule has 0 saturated carbocycles. The predicted molar refractivity (Wildman–Crippen MR) is 59.3 cm³/mol. The Morgan fingerprint density at radius 2 is 1.87 bits per heavy atom. The van der Waals surface area contributed by atoms with Gasteiger partial charge in [0.05, 0.1) is 8.59 Å². The Bertz CT molecular complexity index is 559. The molecule has 1 nitrogen and oxygen atoms in total. The first-order valence-electron chi connectivity index (χ1n) is 3.79. The molecular formula is C9H2ClF3IN. The SMILES string of the molecule is Fc1cc2c(Cl)c(I)cnc2c(F)c1F. The second kappa shape index (κ2) is 3.79. The Morgan fingerprint density at radius 3 is 2.53 bits per heavy atom. The molecule has 2 aromatic rings. The lowest BCUT2D eigenvalue weighted by molar-refractivity contribution is 0.452. The number of hydrogen-bond acceptors (Lipinski definition) is 1. The number of benzene rings is 1. The highest BCUT2D eigenvalue weighted by molar-refractivity contribution is 14.1. The third kappa shape index (κ3) is 1.67. The topological polar surface area (TPSA) is 12.9 Å². The molecule has 1 aromatic heterocycles. The van der Waals surface area contributed by atoms with Gasteiger partial charge >= 0.3 is 0 Å². The highest BCUT2D eigenvalue weighted by Crippen LogP contribution is 2.30. The summed E-state index contributed by atoms with van der Waals surface area (Å²) in [5.74, 6) is -4.12. The second-order valence-corrected chi connectivity index (χ2v) is 4.34. The fourth-order valence-electron chi connectivity index (χ4n) is 1.19. The van der Waals surface area contributed by atoms with Crippen molar-refractivity contribution in [2.75, 3.05) is 0 Å². The van der Waals surface area contributed by atoms with Crippen molar-refractivity contribution in [3.8, 4) is 0 Å². The largest absolute Gasteiger partial charge is 0.252 e. The number of nitrogens with zero attached hydrogens (tertiary/aromatic N) is 1. The van der Waals surface area contributed by atoms with Crippen LogP contribution < -0.4 is 0 Å². The van der Waals surface area contributed by atoms with Crippen LogP contribution in [0.15, 0.2) is 12.3 Å². The molecule has 6 heteroatoms. The maximum Gasteiger partial charge on any atom is 0.196 e. The van der Waals surface area contributed by atoms with E-state index in [1.807, 2.05) is 22.6 Å². The Morgan fingerprint density at radius 1 is 1.20 bits per heavy atom. The van der Waals surface area contributed by atoms with E-state index in [-0.39, 0.29) is 15.9 Å². The maximum atomic E-state index is 13.2. The van der Waals surface area contributed by atoms with Crippen LogP contribution in [0.4, 0.5) is 13.2 Å². The first-order chi connectivity index (χ1) is 7.02. The average molecular weight is 343 g/mol. The summed E-state index contributed by atoms with van der Waals surface area (Å²) in [5, 5.41) is 0.235. The van der Waals surface area contributed by atoms with Crippen molar-refractivity contribution in [1.82, 2.24) is 4.98 Å². The summed E-state index contributed by atoms with van der Waals surface area (Å²) in [4.78, 5) is 3.67. The van der Waals surface area contributed by atoms with Crippen LogP contribution in [0, 0.1) is 21.0 Å². The van der Waals surface area contributed by atoms with Gasteiger partial charge in [0.2, 0.25) is 0 Å². The smallest absolute Gasteiger partial charge is 0.196 e. The Hall–Kier alpha value is -0.560. The van der Waals surface area contributed by atoms with Gasteiger partial charge in [0.15, 0.2) is 17.5 Å². The van der Waals surface area contributed by atoms with Crippen LogP contribution in [0.3, 0.4) is 0 Å². The van der Waals surface area contributed by atoms with Crippen LogP contribution in [0.2, 0.25) is 5.02 Å². The van der Waals surface area contributed by atoms with Crippen LogP contribution in [-0.4, -0.2) is 4.98 Å². The summed E-state index contributed by atoms with van der Waals surface area (Å²) < 4.78 is 39.6. The summed E-state index contributed by atoms with van der Waals surface area (Å²) in [6.45, 7) is 0. The molecule has 0 aliphatic heterocycles. The molecule has 0 N–H and O–H groups in total. The molecule has 0 amide bonds. The highest BCUT2D eigenvalue weighted by Gasteiger charge is 2.17. The molecule has 0 spiro atoms. The van der Waals surface area contributed by atoms with Gasteiger partial charge in [-0.05, 0) is 28.7 Å². The molecule has 15 heavy (non-hydrogen) atoms. The number of hydrogen-bond donors (Lipinski definition) is 0. The number of aromatic nitrogens is 1. The standard InChI is InChI=1S/C9H2ClF3IN/c10-6-3-1-4(11)7(12)8(13)9(3)15-2-5(6)14/h1-2H. The van der Waals surface area contributed by atoms with E-state index >= 15 is 0 Å². The summed E-state index contributed by atoms with van der Waals surface area (Å²) >= 11 is 7.69. The van der Waals surface area contributed by atoms with E-state index in [9.17, 15) is 13.2 Å². The van der Waals surface area contributed by atoms with Crippen molar-refractivity contribution in [2.24, 2.45) is 0 Å². The quantitative estimate of drug-likeness (QED) is 0.522. The van der Waals surface area contributed by atoms with Gasteiger partial charge in [0.1, 0.15) is 5.52 Å². The third-order valence-corrected chi connectivity index (χ3v) is 3.43. The number of halogens is 5. The molecule has 0 atom stereocenters. The molecule has 0 bridgehead atoms. The summed E-state index contributed by atoms with van der Waals surface area (Å²) in [6.07, 6.45) is 1.30. The molecule has 0 radical (unpaired) electrons. The summed E-state index contributed by atoms with van der Waals surface area (Å²) in [7, 11) is 0. The van der Waals surface area contributed by atoms with E-state index in [4.69, 9.17) is 11.6 Å². The summed E-state index contributed by atoms with van der Waals surface area (Å²) in [6, 6.07) is 0.839. The fourth-order valence-corrected chi connectivity index (χ4v) is 1.81. The molecule has 2 rings (SSSR count). The molecule has 0 saturated heterocycles. The Kier molecular flexibility index (Phi) is 2.76. The van der Waals surface area contributed by atoms with E-state index in [1.165, 1.54) is 6.20 Å². The minimum atomic E-state index is -1.53. The zero-order valence-corrected chi connectivity index (χ0v) is 9.91. The molecule has 0 unspecified atom stereocenters. The number of fused-ring (bicyclic) bond motifs is 1. The minimum Gasteiger partial charge on any atom is -0.252 e. The van der Waals surface area contributed by atoms with Gasteiger partial charge in [0.25, 0.3) is 0 Å². The van der Waals surface area contributed by atoms with Crippen molar-refractivity contribution in [3.63, 3.8) is 0 Å². The lowest BCUT2D eigenvalue weighted by Gasteiger charge is -2.04. The second-order valence-electron chi connectivity index (χ2n) is 2.80. The van der Waals surface area contributed by atoms with Crippen molar-refractivity contribution in [2.45, 2.75) is 0 Å². The van der Waals surface area contributed by atoms with Crippen LogP contribution in [0.5, 0.6) is 0 Å². The zero-order chi connectivity index (χ0) is 11.2. The molecule has 0 aliphatic carbocycles. The first kappa shape index (κ1) is 10.9. The van der Waals surface area contributed by atoms with Crippen molar-refractivity contribution >= 4 is 45.1 Å². The first-order valence-corrected chi connectivity index (χ1v) is 5.25. The van der Waals surface area contributed by atoms with Gasteiger partial charge in [0, 0.05) is 11.6 Å².